The molecule has 4 unspecified atom stereocenters. The molecule has 0 heterocycles. The van der Waals surface area contributed by atoms with Crippen molar-refractivity contribution in [3.8, 4) is 0 Å². The van der Waals surface area contributed by atoms with Gasteiger partial charge in [0.2, 0.25) is 0 Å². The number of rotatable bonds is 0. The summed E-state index contributed by atoms with van der Waals surface area (Å²) < 4.78 is 0. The Morgan fingerprint density at radius 1 is 1.15 bits per heavy atom. The Bertz CT molecular complexity index is 248. The first-order chi connectivity index (χ1) is 6.24. The summed E-state index contributed by atoms with van der Waals surface area (Å²) in [7, 11) is 0. The summed E-state index contributed by atoms with van der Waals surface area (Å²) >= 11 is 6.21. The topological polar surface area (TPSA) is 17.1 Å². The number of hydrogen-bond acceptors (Lipinski definition) is 1. The van der Waals surface area contributed by atoms with Crippen LogP contribution in [0.25, 0.3) is 0 Å². The molecule has 3 fully saturated rings. The molecule has 5 atom stereocenters. The van der Waals surface area contributed by atoms with Crippen LogP contribution < -0.4 is 0 Å². The van der Waals surface area contributed by atoms with Gasteiger partial charge in [0.15, 0.2) is 0 Å². The highest BCUT2D eigenvalue weighted by molar-refractivity contribution is 6.20. The maximum atomic E-state index is 11.3. The van der Waals surface area contributed by atoms with Gasteiger partial charge in [-0.15, -0.1) is 11.6 Å². The van der Waals surface area contributed by atoms with Gasteiger partial charge in [-0.2, -0.15) is 0 Å². The SMILES string of the molecule is O=C1CC2C3CC(CC12)C[C@@H](Cl)C3. The van der Waals surface area contributed by atoms with Crippen LogP contribution in [0.2, 0.25) is 0 Å². The molecule has 72 valence electrons. The second-order valence-corrected chi connectivity index (χ2v) is 5.72. The summed E-state index contributed by atoms with van der Waals surface area (Å²) in [6.45, 7) is 0. The van der Waals surface area contributed by atoms with Crippen molar-refractivity contribution in [1.29, 1.82) is 0 Å². The van der Waals surface area contributed by atoms with E-state index < -0.39 is 0 Å². The van der Waals surface area contributed by atoms with Gasteiger partial charge in [-0.05, 0) is 43.4 Å². The molecule has 0 amide bonds. The summed E-state index contributed by atoms with van der Waals surface area (Å²) in [4.78, 5) is 11.3. The predicted octanol–water partition coefficient (Wildman–Crippen LogP) is 2.62. The molecule has 3 aliphatic rings. The third-order valence-electron chi connectivity index (χ3n) is 4.34. The molecule has 3 saturated carbocycles. The first-order valence-corrected chi connectivity index (χ1v) is 5.84. The second-order valence-electron chi connectivity index (χ2n) is 5.11. The van der Waals surface area contributed by atoms with E-state index in [1.54, 1.807) is 0 Å². The van der Waals surface area contributed by atoms with E-state index >= 15 is 0 Å². The fraction of sp³-hybridized carbons (Fsp3) is 0.909. The van der Waals surface area contributed by atoms with Crippen molar-refractivity contribution in [3.05, 3.63) is 0 Å². The van der Waals surface area contributed by atoms with Gasteiger partial charge in [0, 0.05) is 17.7 Å². The van der Waals surface area contributed by atoms with Crippen LogP contribution in [-0.4, -0.2) is 11.2 Å². The zero-order valence-corrected chi connectivity index (χ0v) is 8.46. The Kier molecular flexibility index (Phi) is 1.74. The van der Waals surface area contributed by atoms with Crippen molar-refractivity contribution in [2.45, 2.75) is 37.5 Å². The van der Waals surface area contributed by atoms with Gasteiger partial charge in [0.05, 0.1) is 0 Å². The van der Waals surface area contributed by atoms with Crippen LogP contribution in [0.4, 0.5) is 0 Å². The van der Waals surface area contributed by atoms with E-state index in [0.29, 0.717) is 17.1 Å². The molecule has 2 heteroatoms. The average molecular weight is 199 g/mol. The van der Waals surface area contributed by atoms with Crippen LogP contribution in [-0.2, 0) is 4.79 Å². The van der Waals surface area contributed by atoms with Crippen LogP contribution in [0.1, 0.15) is 32.1 Å². The molecule has 0 saturated heterocycles. The van der Waals surface area contributed by atoms with Crippen molar-refractivity contribution < 1.29 is 4.79 Å². The monoisotopic (exact) mass is 198 g/mol. The summed E-state index contributed by atoms with van der Waals surface area (Å²) in [5.74, 6) is 3.27. The van der Waals surface area contributed by atoms with E-state index in [0.717, 1.165) is 37.0 Å². The minimum Gasteiger partial charge on any atom is -0.299 e. The number of halogens is 1. The van der Waals surface area contributed by atoms with Gasteiger partial charge in [0.25, 0.3) is 0 Å². The highest BCUT2D eigenvalue weighted by atomic mass is 35.5. The Balaban J connectivity index is 1.80. The van der Waals surface area contributed by atoms with E-state index in [1.807, 2.05) is 0 Å². The zero-order chi connectivity index (χ0) is 9.00. The quantitative estimate of drug-likeness (QED) is 0.547. The fourth-order valence-electron chi connectivity index (χ4n) is 3.71. The lowest BCUT2D eigenvalue weighted by Crippen LogP contribution is -2.49. The minimum absolute atomic E-state index is 0.403. The lowest BCUT2D eigenvalue weighted by atomic mass is 9.53. The van der Waals surface area contributed by atoms with Crippen molar-refractivity contribution in [3.63, 3.8) is 0 Å². The van der Waals surface area contributed by atoms with E-state index in [-0.39, 0.29) is 0 Å². The highest BCUT2D eigenvalue weighted by Crippen LogP contribution is 2.53. The third kappa shape index (κ3) is 1.16. The lowest BCUT2D eigenvalue weighted by molar-refractivity contribution is -0.142. The molecular weight excluding hydrogens is 184 g/mol. The number of hydrogen-bond donors (Lipinski definition) is 0. The molecule has 0 spiro atoms. The number of Topliss-reactive ketones (excluding diaryl/α,β-unsaturated/α-hetero) is 1. The molecule has 1 nitrogen and oxygen atoms in total. The van der Waals surface area contributed by atoms with Crippen LogP contribution >= 0.6 is 11.6 Å². The molecule has 0 radical (unpaired) electrons. The molecule has 2 bridgehead atoms. The maximum Gasteiger partial charge on any atom is 0.136 e. The number of ketones is 1. The smallest absolute Gasteiger partial charge is 0.136 e. The van der Waals surface area contributed by atoms with Gasteiger partial charge in [-0.3, -0.25) is 4.79 Å². The van der Waals surface area contributed by atoms with E-state index in [1.165, 1.54) is 12.8 Å². The van der Waals surface area contributed by atoms with Crippen molar-refractivity contribution >= 4 is 17.4 Å². The molecule has 0 aliphatic heterocycles. The molecule has 0 N–H and O–H groups in total. The van der Waals surface area contributed by atoms with Gasteiger partial charge in [-0.25, -0.2) is 0 Å². The fourth-order valence-corrected chi connectivity index (χ4v) is 4.19. The molecule has 3 aliphatic carbocycles. The second kappa shape index (κ2) is 2.73. The molecule has 0 aromatic carbocycles. The molecule has 3 rings (SSSR count). The van der Waals surface area contributed by atoms with Crippen LogP contribution in [0, 0.1) is 23.7 Å². The average Bonchev–Trinajstić information content (AvgIpc) is 2.08. The number of carbonyl (C=O) groups excluding carboxylic acids is 1. The standard InChI is InChI=1S/C11H15ClO/c12-8-2-6-1-7(4-8)9-5-11(13)10(9)3-6/h6-10H,1-5H2/t6?,7?,8-,9?,10?/m1/s1. The Morgan fingerprint density at radius 2 is 2.00 bits per heavy atom. The highest BCUT2D eigenvalue weighted by Gasteiger charge is 2.50. The van der Waals surface area contributed by atoms with Crippen molar-refractivity contribution in [2.24, 2.45) is 23.7 Å². The van der Waals surface area contributed by atoms with Crippen molar-refractivity contribution in [2.75, 3.05) is 0 Å². The third-order valence-corrected chi connectivity index (χ3v) is 4.70. The first kappa shape index (κ1) is 8.28. The summed E-state index contributed by atoms with van der Waals surface area (Å²) in [6, 6.07) is 0. The lowest BCUT2D eigenvalue weighted by Gasteiger charge is -2.51. The molecule has 0 aromatic rings. The van der Waals surface area contributed by atoms with Crippen LogP contribution in [0.3, 0.4) is 0 Å². The first-order valence-electron chi connectivity index (χ1n) is 5.41. The van der Waals surface area contributed by atoms with E-state index in [9.17, 15) is 4.79 Å². The van der Waals surface area contributed by atoms with Crippen LogP contribution in [0.5, 0.6) is 0 Å². The van der Waals surface area contributed by atoms with Gasteiger partial charge in [-0.1, -0.05) is 0 Å². The summed E-state index contributed by atoms with van der Waals surface area (Å²) in [5, 5.41) is 0.403. The van der Waals surface area contributed by atoms with Crippen molar-refractivity contribution in [1.82, 2.24) is 0 Å². The van der Waals surface area contributed by atoms with E-state index in [4.69, 9.17) is 11.6 Å². The van der Waals surface area contributed by atoms with Crippen LogP contribution in [0.15, 0.2) is 0 Å². The Hall–Kier alpha value is -0.0400. The zero-order valence-electron chi connectivity index (χ0n) is 7.71. The van der Waals surface area contributed by atoms with Gasteiger partial charge in [0.1, 0.15) is 5.78 Å². The van der Waals surface area contributed by atoms with Gasteiger partial charge < -0.3 is 0 Å². The number of alkyl halides is 1. The Labute approximate surface area is 83.8 Å². The number of fused-ring (bicyclic) bond motifs is 4. The predicted molar refractivity (Wildman–Crippen MR) is 51.7 cm³/mol. The summed E-state index contributed by atoms with van der Waals surface area (Å²) in [5.41, 5.74) is 0. The Morgan fingerprint density at radius 3 is 2.77 bits per heavy atom. The normalized spacial score (nSPS) is 53.9. The largest absolute Gasteiger partial charge is 0.299 e. The van der Waals surface area contributed by atoms with E-state index in [2.05, 4.69) is 0 Å². The molecule has 0 aromatic heterocycles. The summed E-state index contributed by atoms with van der Waals surface area (Å²) in [6.07, 6.45) is 5.72. The van der Waals surface area contributed by atoms with Gasteiger partial charge >= 0.3 is 0 Å². The number of carbonyl (C=O) groups is 1. The minimum atomic E-state index is 0.403. The molecular formula is C11H15ClO. The maximum absolute atomic E-state index is 11.3. The molecule has 13 heavy (non-hydrogen) atoms.